The molecule has 0 bridgehead atoms. The molecular weight excluding hydrogens is 401 g/mol. The monoisotopic (exact) mass is 429 g/mol. The summed E-state index contributed by atoms with van der Waals surface area (Å²) in [5, 5.41) is 3.56. The fourth-order valence-corrected chi connectivity index (χ4v) is 4.42. The quantitative estimate of drug-likeness (QED) is 0.469. The molecule has 1 saturated heterocycles. The molecule has 2 aromatic heterocycles. The number of fused-ring (bicyclic) bond motifs is 1. The molecular formula is C26H28FN5. The van der Waals surface area contributed by atoms with Gasteiger partial charge in [0.2, 0.25) is 0 Å². The van der Waals surface area contributed by atoms with Crippen LogP contribution in [0.15, 0.2) is 72.9 Å². The maximum atomic E-state index is 13.2. The molecule has 32 heavy (non-hydrogen) atoms. The van der Waals surface area contributed by atoms with Crippen LogP contribution in [0, 0.1) is 5.82 Å². The Balaban J connectivity index is 1.20. The van der Waals surface area contributed by atoms with Crippen LogP contribution in [0.4, 0.5) is 21.5 Å². The molecule has 2 aromatic carbocycles. The highest BCUT2D eigenvalue weighted by molar-refractivity contribution is 5.57. The van der Waals surface area contributed by atoms with E-state index in [2.05, 4.69) is 56.9 Å². The lowest BCUT2D eigenvalue weighted by Crippen LogP contribution is -2.46. The van der Waals surface area contributed by atoms with Gasteiger partial charge in [0.05, 0.1) is 17.9 Å². The minimum atomic E-state index is -0.187. The van der Waals surface area contributed by atoms with Crippen LogP contribution in [0.25, 0.3) is 5.65 Å². The number of hydrogen-bond donors (Lipinski definition) is 1. The average Bonchev–Trinajstić information content (AvgIpc) is 3.21. The number of halogens is 1. The van der Waals surface area contributed by atoms with E-state index in [1.807, 2.05) is 30.3 Å². The number of anilines is 3. The van der Waals surface area contributed by atoms with Crippen molar-refractivity contribution in [2.24, 2.45) is 0 Å². The number of nitrogens with one attached hydrogen (secondary N) is 1. The summed E-state index contributed by atoms with van der Waals surface area (Å²) in [6.07, 6.45) is 2.99. The lowest BCUT2D eigenvalue weighted by Gasteiger charge is -2.37. The highest BCUT2D eigenvalue weighted by Gasteiger charge is 2.17. The van der Waals surface area contributed by atoms with Crippen LogP contribution in [0.2, 0.25) is 0 Å². The standard InChI is InChI=1S/C26H28FN5/c1-2-24-25(32-14-4-3-5-26(32)29-24)19-28-21-8-12-23(13-9-21)31-17-15-30(16-18-31)22-10-6-20(27)7-11-22/h3-14,28H,2,15-19H2,1H3. The summed E-state index contributed by atoms with van der Waals surface area (Å²) in [5.74, 6) is -0.187. The Labute approximate surface area is 188 Å². The first-order valence-electron chi connectivity index (χ1n) is 11.3. The van der Waals surface area contributed by atoms with Gasteiger partial charge in [0.15, 0.2) is 0 Å². The molecule has 6 heteroatoms. The fourth-order valence-electron chi connectivity index (χ4n) is 4.42. The fraction of sp³-hybridized carbons (Fsp3) is 0.269. The number of imidazole rings is 1. The van der Waals surface area contributed by atoms with Gasteiger partial charge in [-0.25, -0.2) is 9.37 Å². The van der Waals surface area contributed by atoms with Crippen molar-refractivity contribution in [3.05, 3.63) is 90.1 Å². The first-order valence-corrected chi connectivity index (χ1v) is 11.3. The first-order chi connectivity index (χ1) is 15.7. The van der Waals surface area contributed by atoms with Crippen molar-refractivity contribution in [1.82, 2.24) is 9.38 Å². The van der Waals surface area contributed by atoms with E-state index in [9.17, 15) is 4.39 Å². The second-order valence-corrected chi connectivity index (χ2v) is 8.14. The third-order valence-corrected chi connectivity index (χ3v) is 6.21. The molecule has 4 aromatic rings. The van der Waals surface area contributed by atoms with Gasteiger partial charge in [-0.15, -0.1) is 0 Å². The summed E-state index contributed by atoms with van der Waals surface area (Å²) in [7, 11) is 0. The van der Waals surface area contributed by atoms with Gasteiger partial charge in [0.1, 0.15) is 11.5 Å². The molecule has 1 N–H and O–H groups in total. The lowest BCUT2D eigenvalue weighted by molar-refractivity contribution is 0.625. The van der Waals surface area contributed by atoms with Gasteiger partial charge in [0.25, 0.3) is 0 Å². The Morgan fingerprint density at radius 1 is 0.844 bits per heavy atom. The number of hydrogen-bond acceptors (Lipinski definition) is 4. The Morgan fingerprint density at radius 2 is 1.47 bits per heavy atom. The lowest BCUT2D eigenvalue weighted by atomic mass is 10.2. The molecule has 0 amide bonds. The average molecular weight is 430 g/mol. The van der Waals surface area contributed by atoms with E-state index in [0.29, 0.717) is 0 Å². The summed E-state index contributed by atoms with van der Waals surface area (Å²) in [4.78, 5) is 9.46. The highest BCUT2D eigenvalue weighted by Crippen LogP contribution is 2.23. The topological polar surface area (TPSA) is 35.8 Å². The first kappa shape index (κ1) is 20.4. The van der Waals surface area contributed by atoms with Gasteiger partial charge in [-0.2, -0.15) is 0 Å². The van der Waals surface area contributed by atoms with Crippen molar-refractivity contribution in [3.8, 4) is 0 Å². The molecule has 0 saturated carbocycles. The molecule has 0 spiro atoms. The molecule has 164 valence electrons. The van der Waals surface area contributed by atoms with Crippen LogP contribution < -0.4 is 15.1 Å². The normalized spacial score (nSPS) is 14.2. The Hall–Kier alpha value is -3.54. The van der Waals surface area contributed by atoms with Crippen LogP contribution >= 0.6 is 0 Å². The van der Waals surface area contributed by atoms with Crippen LogP contribution in [-0.2, 0) is 13.0 Å². The van der Waals surface area contributed by atoms with Crippen LogP contribution in [0.3, 0.4) is 0 Å². The molecule has 3 heterocycles. The van der Waals surface area contributed by atoms with Gasteiger partial charge in [-0.3, -0.25) is 0 Å². The molecule has 0 unspecified atom stereocenters. The van der Waals surface area contributed by atoms with Crippen molar-refractivity contribution >= 4 is 22.7 Å². The van der Waals surface area contributed by atoms with Crippen molar-refractivity contribution in [3.63, 3.8) is 0 Å². The van der Waals surface area contributed by atoms with E-state index in [-0.39, 0.29) is 5.82 Å². The second kappa shape index (κ2) is 8.91. The van der Waals surface area contributed by atoms with E-state index in [0.717, 1.165) is 61.9 Å². The molecule has 1 fully saturated rings. The van der Waals surface area contributed by atoms with E-state index in [1.54, 1.807) is 0 Å². The SMILES string of the molecule is CCc1nc2ccccn2c1CNc1ccc(N2CCN(c3ccc(F)cc3)CC2)cc1. The molecule has 1 aliphatic rings. The van der Waals surface area contributed by atoms with E-state index < -0.39 is 0 Å². The number of benzene rings is 2. The van der Waals surface area contributed by atoms with E-state index in [1.165, 1.54) is 23.5 Å². The summed E-state index contributed by atoms with van der Waals surface area (Å²) in [5.41, 5.74) is 6.77. The van der Waals surface area contributed by atoms with Crippen molar-refractivity contribution in [1.29, 1.82) is 0 Å². The van der Waals surface area contributed by atoms with Crippen molar-refractivity contribution in [2.45, 2.75) is 19.9 Å². The van der Waals surface area contributed by atoms with Crippen LogP contribution in [0.5, 0.6) is 0 Å². The zero-order valence-electron chi connectivity index (χ0n) is 18.3. The molecule has 0 aliphatic carbocycles. The summed E-state index contributed by atoms with van der Waals surface area (Å²) < 4.78 is 15.3. The minimum Gasteiger partial charge on any atom is -0.379 e. The second-order valence-electron chi connectivity index (χ2n) is 8.14. The molecule has 5 nitrogen and oxygen atoms in total. The van der Waals surface area contributed by atoms with Crippen LogP contribution in [0.1, 0.15) is 18.3 Å². The summed E-state index contributed by atoms with van der Waals surface area (Å²) in [6, 6.07) is 21.6. The largest absolute Gasteiger partial charge is 0.379 e. The Kier molecular flexibility index (Phi) is 5.67. The number of pyridine rings is 1. The minimum absolute atomic E-state index is 0.187. The number of aromatic nitrogens is 2. The highest BCUT2D eigenvalue weighted by atomic mass is 19.1. The smallest absolute Gasteiger partial charge is 0.137 e. The molecule has 1 aliphatic heterocycles. The van der Waals surface area contributed by atoms with Gasteiger partial charge in [-0.05, 0) is 67.1 Å². The predicted molar refractivity (Wildman–Crippen MR) is 129 cm³/mol. The zero-order chi connectivity index (χ0) is 21.9. The van der Waals surface area contributed by atoms with Crippen LogP contribution in [-0.4, -0.2) is 35.6 Å². The maximum Gasteiger partial charge on any atom is 0.137 e. The van der Waals surface area contributed by atoms with E-state index >= 15 is 0 Å². The third kappa shape index (κ3) is 4.13. The zero-order valence-corrected chi connectivity index (χ0v) is 18.3. The summed E-state index contributed by atoms with van der Waals surface area (Å²) in [6.45, 7) is 6.65. The van der Waals surface area contributed by atoms with Gasteiger partial charge in [-0.1, -0.05) is 13.0 Å². The number of piperazine rings is 1. The molecule has 5 rings (SSSR count). The Bertz CT molecular complexity index is 1180. The van der Waals surface area contributed by atoms with Crippen molar-refractivity contribution < 1.29 is 4.39 Å². The van der Waals surface area contributed by atoms with Gasteiger partial charge in [0, 0.05) is 49.4 Å². The molecule has 0 radical (unpaired) electrons. The Morgan fingerprint density at radius 3 is 2.09 bits per heavy atom. The number of rotatable bonds is 6. The van der Waals surface area contributed by atoms with E-state index in [4.69, 9.17) is 4.98 Å². The number of aryl methyl sites for hydroxylation is 1. The van der Waals surface area contributed by atoms with Gasteiger partial charge < -0.3 is 19.5 Å². The number of nitrogens with zero attached hydrogens (tertiary/aromatic N) is 4. The van der Waals surface area contributed by atoms with Gasteiger partial charge >= 0.3 is 0 Å². The third-order valence-electron chi connectivity index (χ3n) is 6.21. The predicted octanol–water partition coefficient (Wildman–Crippen LogP) is 4.97. The maximum absolute atomic E-state index is 13.2. The summed E-state index contributed by atoms with van der Waals surface area (Å²) >= 11 is 0. The van der Waals surface area contributed by atoms with Crippen molar-refractivity contribution in [2.75, 3.05) is 41.3 Å². The molecule has 0 atom stereocenters.